The maximum absolute atomic E-state index is 8.79. The lowest BCUT2D eigenvalue weighted by Gasteiger charge is -2.23. The molecule has 0 unspecified atom stereocenters. The monoisotopic (exact) mass is 184 g/mol. The highest BCUT2D eigenvalue weighted by atomic mass is 16.3. The smallest absolute Gasteiger partial charge is 0.0684 e. The summed E-state index contributed by atoms with van der Waals surface area (Å²) in [5.41, 5.74) is -0.247. The highest BCUT2D eigenvalue weighted by Gasteiger charge is 2.17. The molecule has 1 N–H and O–H groups in total. The minimum absolute atomic E-state index is 0.195. The van der Waals surface area contributed by atoms with Gasteiger partial charge in [-0.15, -0.1) is 0 Å². The zero-order chi connectivity index (χ0) is 10.3. The van der Waals surface area contributed by atoms with Gasteiger partial charge in [0.2, 0.25) is 0 Å². The molecule has 0 rings (SSSR count). The number of hydrogen-bond acceptors (Lipinski definition) is 3. The highest BCUT2D eigenvalue weighted by Crippen LogP contribution is 2.18. The van der Waals surface area contributed by atoms with E-state index in [1.807, 2.05) is 13.8 Å². The maximum atomic E-state index is 8.79. The minimum atomic E-state index is -0.247. The molecule has 0 radical (unpaired) electrons. The van der Waals surface area contributed by atoms with Crippen LogP contribution in [0, 0.1) is 16.7 Å². The van der Waals surface area contributed by atoms with E-state index in [2.05, 4.69) is 17.9 Å². The molecule has 0 saturated heterocycles. The molecule has 0 atom stereocenters. The Labute approximate surface area is 81.0 Å². The second kappa shape index (κ2) is 5.95. The van der Waals surface area contributed by atoms with Crippen molar-refractivity contribution in [1.29, 1.82) is 5.26 Å². The summed E-state index contributed by atoms with van der Waals surface area (Å²) in [5, 5.41) is 17.5. The predicted octanol–water partition coefficient (Wildman–Crippen LogP) is 1.24. The fourth-order valence-electron chi connectivity index (χ4n) is 1.06. The van der Waals surface area contributed by atoms with Crippen LogP contribution in [0.4, 0.5) is 0 Å². The molecular weight excluding hydrogens is 164 g/mol. The second-order valence-electron chi connectivity index (χ2n) is 3.90. The van der Waals surface area contributed by atoms with E-state index in [1.54, 1.807) is 0 Å². The van der Waals surface area contributed by atoms with Crippen LogP contribution in [0.25, 0.3) is 0 Å². The number of rotatable bonds is 6. The van der Waals surface area contributed by atoms with Gasteiger partial charge in [-0.25, -0.2) is 0 Å². The molecule has 0 aromatic heterocycles. The number of aliphatic hydroxyl groups excluding tert-OH is 1. The predicted molar refractivity (Wildman–Crippen MR) is 53.2 cm³/mol. The van der Waals surface area contributed by atoms with E-state index < -0.39 is 0 Å². The van der Waals surface area contributed by atoms with E-state index >= 15 is 0 Å². The van der Waals surface area contributed by atoms with Gasteiger partial charge in [-0.2, -0.15) is 5.26 Å². The Bertz CT molecular complexity index is 172. The Kier molecular flexibility index (Phi) is 5.68. The second-order valence-corrected chi connectivity index (χ2v) is 3.90. The van der Waals surface area contributed by atoms with Crippen LogP contribution in [0.5, 0.6) is 0 Å². The molecule has 0 saturated carbocycles. The van der Waals surface area contributed by atoms with Crippen LogP contribution in [0.15, 0.2) is 0 Å². The van der Waals surface area contributed by atoms with E-state index in [0.29, 0.717) is 6.54 Å². The summed E-state index contributed by atoms with van der Waals surface area (Å²) in [5.74, 6) is 0. The van der Waals surface area contributed by atoms with Gasteiger partial charge in [0.05, 0.1) is 18.1 Å². The van der Waals surface area contributed by atoms with Crippen molar-refractivity contribution < 1.29 is 5.11 Å². The number of nitriles is 1. The van der Waals surface area contributed by atoms with Crippen molar-refractivity contribution >= 4 is 0 Å². The first kappa shape index (κ1) is 12.4. The molecule has 0 amide bonds. The lowest BCUT2D eigenvalue weighted by atomic mass is 9.91. The SMILES string of the molecule is CCN(CCO)CCC(C)(C)C#N. The Morgan fingerprint density at radius 2 is 2.00 bits per heavy atom. The first-order valence-electron chi connectivity index (χ1n) is 4.80. The van der Waals surface area contributed by atoms with E-state index in [0.717, 1.165) is 19.5 Å². The van der Waals surface area contributed by atoms with Gasteiger partial charge >= 0.3 is 0 Å². The Balaban J connectivity index is 3.79. The van der Waals surface area contributed by atoms with Crippen molar-refractivity contribution in [3.63, 3.8) is 0 Å². The van der Waals surface area contributed by atoms with Crippen LogP contribution in [0.2, 0.25) is 0 Å². The van der Waals surface area contributed by atoms with Gasteiger partial charge in [-0.3, -0.25) is 0 Å². The van der Waals surface area contributed by atoms with Gasteiger partial charge in [0.25, 0.3) is 0 Å². The Hall–Kier alpha value is -0.590. The highest BCUT2D eigenvalue weighted by molar-refractivity contribution is 4.91. The fourth-order valence-corrected chi connectivity index (χ4v) is 1.06. The molecule has 0 aromatic rings. The van der Waals surface area contributed by atoms with Crippen LogP contribution >= 0.6 is 0 Å². The molecule has 0 bridgehead atoms. The van der Waals surface area contributed by atoms with Crippen LogP contribution in [0.3, 0.4) is 0 Å². The van der Waals surface area contributed by atoms with Gasteiger partial charge in [0.1, 0.15) is 0 Å². The van der Waals surface area contributed by atoms with E-state index in [-0.39, 0.29) is 12.0 Å². The topological polar surface area (TPSA) is 47.3 Å². The standard InChI is InChI=1S/C10H20N2O/c1-4-12(7-8-13)6-5-10(2,3)9-11/h13H,4-8H2,1-3H3. The van der Waals surface area contributed by atoms with Crippen molar-refractivity contribution in [3.05, 3.63) is 0 Å². The summed E-state index contributed by atoms with van der Waals surface area (Å²) in [6.45, 7) is 8.67. The summed E-state index contributed by atoms with van der Waals surface area (Å²) < 4.78 is 0. The van der Waals surface area contributed by atoms with Crippen molar-refractivity contribution in [1.82, 2.24) is 4.90 Å². The zero-order valence-corrected chi connectivity index (χ0v) is 8.88. The Morgan fingerprint density at radius 3 is 2.38 bits per heavy atom. The summed E-state index contributed by atoms with van der Waals surface area (Å²) >= 11 is 0. The van der Waals surface area contributed by atoms with Crippen LogP contribution in [-0.2, 0) is 0 Å². The largest absolute Gasteiger partial charge is 0.395 e. The third kappa shape index (κ3) is 5.62. The molecule has 0 spiro atoms. The molecule has 0 aliphatic heterocycles. The van der Waals surface area contributed by atoms with Crippen molar-refractivity contribution in [2.24, 2.45) is 5.41 Å². The molecular formula is C10H20N2O. The molecule has 0 aromatic carbocycles. The van der Waals surface area contributed by atoms with Crippen LogP contribution in [0.1, 0.15) is 27.2 Å². The Morgan fingerprint density at radius 1 is 1.38 bits per heavy atom. The van der Waals surface area contributed by atoms with E-state index in [4.69, 9.17) is 10.4 Å². The van der Waals surface area contributed by atoms with Gasteiger partial charge < -0.3 is 10.0 Å². The van der Waals surface area contributed by atoms with Gasteiger partial charge in [-0.1, -0.05) is 6.92 Å². The van der Waals surface area contributed by atoms with Crippen molar-refractivity contribution in [2.45, 2.75) is 27.2 Å². The number of hydrogen-bond donors (Lipinski definition) is 1. The molecule has 3 heteroatoms. The first-order valence-corrected chi connectivity index (χ1v) is 4.80. The molecule has 0 aliphatic rings. The van der Waals surface area contributed by atoms with Gasteiger partial charge in [0, 0.05) is 6.54 Å². The van der Waals surface area contributed by atoms with Crippen molar-refractivity contribution in [3.8, 4) is 6.07 Å². The molecule has 13 heavy (non-hydrogen) atoms. The summed E-state index contributed by atoms with van der Waals surface area (Å²) in [6, 6.07) is 2.27. The number of likely N-dealkylation sites (N-methyl/N-ethyl adjacent to an activating group) is 1. The average Bonchev–Trinajstić information content (AvgIpc) is 2.12. The summed E-state index contributed by atoms with van der Waals surface area (Å²) in [6.07, 6.45) is 0.858. The number of aliphatic hydroxyl groups is 1. The summed E-state index contributed by atoms with van der Waals surface area (Å²) in [4.78, 5) is 2.15. The summed E-state index contributed by atoms with van der Waals surface area (Å²) in [7, 11) is 0. The normalized spacial score (nSPS) is 11.7. The maximum Gasteiger partial charge on any atom is 0.0684 e. The average molecular weight is 184 g/mol. The molecule has 3 nitrogen and oxygen atoms in total. The zero-order valence-electron chi connectivity index (χ0n) is 8.88. The van der Waals surface area contributed by atoms with Crippen LogP contribution in [-0.4, -0.2) is 36.2 Å². The fraction of sp³-hybridized carbons (Fsp3) is 0.900. The lowest BCUT2D eigenvalue weighted by molar-refractivity contribution is 0.189. The van der Waals surface area contributed by atoms with E-state index in [1.165, 1.54) is 0 Å². The van der Waals surface area contributed by atoms with Gasteiger partial charge in [-0.05, 0) is 33.4 Å². The lowest BCUT2D eigenvalue weighted by Crippen LogP contribution is -2.30. The van der Waals surface area contributed by atoms with Gasteiger partial charge in [0.15, 0.2) is 0 Å². The number of nitrogens with zero attached hydrogens (tertiary/aromatic N) is 2. The van der Waals surface area contributed by atoms with Crippen LogP contribution < -0.4 is 0 Å². The third-order valence-electron chi connectivity index (χ3n) is 2.22. The van der Waals surface area contributed by atoms with Crippen molar-refractivity contribution in [2.75, 3.05) is 26.2 Å². The quantitative estimate of drug-likeness (QED) is 0.675. The first-order chi connectivity index (χ1) is 6.05. The third-order valence-corrected chi connectivity index (χ3v) is 2.22. The molecule has 0 aliphatic carbocycles. The minimum Gasteiger partial charge on any atom is -0.395 e. The molecule has 0 heterocycles. The van der Waals surface area contributed by atoms with E-state index in [9.17, 15) is 0 Å². The molecule has 76 valence electrons. The molecule has 0 fully saturated rings.